The fourth-order valence-electron chi connectivity index (χ4n) is 5.27. The van der Waals surface area contributed by atoms with Crippen LogP contribution in [0.15, 0.2) is 113 Å². The molecule has 0 aliphatic carbocycles. The van der Waals surface area contributed by atoms with Gasteiger partial charge in [0, 0.05) is 38.4 Å². The lowest BCUT2D eigenvalue weighted by molar-refractivity contribution is 0.299. The van der Waals surface area contributed by atoms with E-state index in [-0.39, 0.29) is 29.6 Å². The molecule has 0 fully saturated rings. The Bertz CT molecular complexity index is 2690. The Morgan fingerprint density at radius 2 is 1.11 bits per heavy atom. The molecule has 53 heavy (non-hydrogen) atoms. The lowest BCUT2D eigenvalue weighted by Crippen LogP contribution is -2.19. The van der Waals surface area contributed by atoms with E-state index >= 15 is 0 Å². The van der Waals surface area contributed by atoms with E-state index in [1.165, 1.54) is 15.1 Å². The van der Waals surface area contributed by atoms with Gasteiger partial charge >= 0.3 is 0 Å². The van der Waals surface area contributed by atoms with Crippen LogP contribution in [0.4, 0.5) is 0 Å². The van der Waals surface area contributed by atoms with Gasteiger partial charge in [-0.2, -0.15) is 19.0 Å². The second-order valence-electron chi connectivity index (χ2n) is 11.7. The quantitative estimate of drug-likeness (QED) is 0.159. The molecule has 8 rings (SSSR count). The molecule has 0 atom stereocenters. The molecule has 15 heteroatoms. The predicted octanol–water partition coefficient (Wildman–Crippen LogP) is 7.90. The van der Waals surface area contributed by atoms with Crippen LogP contribution in [0.1, 0.15) is 22.5 Å². The molecule has 266 valence electrons. The highest BCUT2D eigenvalue weighted by Crippen LogP contribution is 2.27. The fraction of sp³-hybridized carbons (Fsp3) is 0.105. The number of hydrogen-bond donors (Lipinski definition) is 2. The zero-order valence-corrected chi connectivity index (χ0v) is 30.4. The van der Waals surface area contributed by atoms with E-state index in [2.05, 4.69) is 30.1 Å². The summed E-state index contributed by atoms with van der Waals surface area (Å²) < 4.78 is 14.1. The lowest BCUT2D eigenvalue weighted by atomic mass is 10.2. The number of aromatic nitrogens is 8. The number of ether oxygens (including phenoxy) is 2. The highest BCUT2D eigenvalue weighted by molar-refractivity contribution is 6.32. The molecule has 2 N–H and O–H groups in total. The Hall–Kier alpha value is -5.95. The third kappa shape index (κ3) is 7.65. The van der Waals surface area contributed by atoms with Crippen molar-refractivity contribution in [3.63, 3.8) is 0 Å². The van der Waals surface area contributed by atoms with Crippen LogP contribution in [0.3, 0.4) is 0 Å². The van der Waals surface area contributed by atoms with Gasteiger partial charge in [-0.25, -0.2) is 9.97 Å². The number of fused-ring (bicyclic) bond motifs is 2. The zero-order valence-electron chi connectivity index (χ0n) is 28.2. The van der Waals surface area contributed by atoms with Crippen LogP contribution < -0.4 is 20.6 Å². The first kappa shape index (κ1) is 35.5. The molecule has 12 nitrogen and oxygen atoms in total. The molecule has 0 saturated carbocycles. The standard InChI is InChI=1S/C19H14Cl2N4O2.C19H15ClN4O2/c1-11-13(20)8-5-9-15(11)27-10-14-16(21)18(26)25-19(22-14)23-17(24-25)12-6-3-2-4-7-12;1-12-15(20)8-5-9-16(12)26-11-14-10-17(25)24-19(21-14)22-18(23-24)13-6-3-2-4-7-13/h2-9H,10H2,1H3,(H,22,23,24);2-10H,11H2,1H3,(H,21,22,23). The highest BCUT2D eigenvalue weighted by atomic mass is 35.5. The summed E-state index contributed by atoms with van der Waals surface area (Å²) in [5.74, 6) is 2.90. The maximum absolute atomic E-state index is 12.6. The first-order valence-electron chi connectivity index (χ1n) is 16.2. The summed E-state index contributed by atoms with van der Waals surface area (Å²) >= 11 is 18.4. The minimum atomic E-state index is -0.433. The first-order valence-corrected chi connectivity index (χ1v) is 17.3. The smallest absolute Gasteiger partial charge is 0.293 e. The normalized spacial score (nSPS) is 11.0. The number of nitrogens with zero attached hydrogens (tertiary/aromatic N) is 6. The lowest BCUT2D eigenvalue weighted by Gasteiger charge is -2.10. The van der Waals surface area contributed by atoms with Gasteiger partial charge < -0.3 is 9.47 Å². The molecule has 0 aliphatic heterocycles. The highest BCUT2D eigenvalue weighted by Gasteiger charge is 2.16. The topological polar surface area (TPSA) is 145 Å². The second-order valence-corrected chi connectivity index (χ2v) is 12.9. The van der Waals surface area contributed by atoms with E-state index in [9.17, 15) is 9.59 Å². The summed E-state index contributed by atoms with van der Waals surface area (Å²) in [6.07, 6.45) is 0. The van der Waals surface area contributed by atoms with Crippen LogP contribution in [-0.2, 0) is 13.2 Å². The van der Waals surface area contributed by atoms with Gasteiger partial charge in [0.25, 0.3) is 22.7 Å². The summed E-state index contributed by atoms with van der Waals surface area (Å²) in [5, 5.41) is 7.11. The average molecular weight is 768 g/mol. The summed E-state index contributed by atoms with van der Waals surface area (Å²) in [5.41, 5.74) is 3.50. The molecule has 4 aromatic heterocycles. The van der Waals surface area contributed by atoms with Crippen LogP contribution in [0.25, 0.3) is 34.3 Å². The SMILES string of the molecule is Cc1c(Cl)cccc1OCc1cc(=O)n2[nH]c(-c3ccccc3)nc2n1.Cc1c(Cl)cccc1OCc1nc2nc(-c3ccccc3)[nH]n2c(=O)c1Cl. The molecular formula is C38H29Cl3N8O4. The molecule has 8 aromatic rings. The molecule has 0 saturated heterocycles. The molecule has 0 amide bonds. The second kappa shape index (κ2) is 15.3. The van der Waals surface area contributed by atoms with E-state index in [1.54, 1.807) is 24.3 Å². The number of nitrogens with one attached hydrogen (secondary N) is 2. The summed E-state index contributed by atoms with van der Waals surface area (Å²) in [6.45, 7) is 3.91. The third-order valence-corrected chi connectivity index (χ3v) is 9.36. The van der Waals surface area contributed by atoms with Crippen LogP contribution >= 0.6 is 34.8 Å². The van der Waals surface area contributed by atoms with Crippen molar-refractivity contribution in [2.75, 3.05) is 0 Å². The van der Waals surface area contributed by atoms with Crippen LogP contribution in [0, 0.1) is 13.8 Å². The van der Waals surface area contributed by atoms with Crippen molar-refractivity contribution < 1.29 is 9.47 Å². The van der Waals surface area contributed by atoms with Crippen LogP contribution in [0.5, 0.6) is 11.5 Å². The molecular weight excluding hydrogens is 739 g/mol. The Morgan fingerprint density at radius 1 is 0.604 bits per heavy atom. The molecule has 4 heterocycles. The first-order chi connectivity index (χ1) is 25.7. The molecule has 0 spiro atoms. The van der Waals surface area contributed by atoms with Crippen molar-refractivity contribution in [2.24, 2.45) is 0 Å². The van der Waals surface area contributed by atoms with Gasteiger partial charge in [0.05, 0.1) is 5.69 Å². The van der Waals surface area contributed by atoms with E-state index in [0.29, 0.717) is 50.4 Å². The van der Waals surface area contributed by atoms with E-state index in [4.69, 9.17) is 44.3 Å². The van der Waals surface area contributed by atoms with Gasteiger partial charge in [-0.1, -0.05) is 108 Å². The van der Waals surface area contributed by atoms with Gasteiger partial charge in [-0.15, -0.1) is 0 Å². The average Bonchev–Trinajstić information content (AvgIpc) is 3.81. The number of benzene rings is 4. The van der Waals surface area contributed by atoms with Crippen molar-refractivity contribution in [1.29, 1.82) is 0 Å². The maximum atomic E-state index is 12.6. The largest absolute Gasteiger partial charge is 0.487 e. The fourth-order valence-corrected chi connectivity index (χ4v) is 5.79. The maximum Gasteiger partial charge on any atom is 0.293 e. The van der Waals surface area contributed by atoms with Gasteiger partial charge in [0.2, 0.25) is 0 Å². The number of aromatic amines is 2. The molecule has 0 radical (unpaired) electrons. The molecule has 4 aromatic carbocycles. The van der Waals surface area contributed by atoms with Crippen molar-refractivity contribution in [3.8, 4) is 34.3 Å². The van der Waals surface area contributed by atoms with Crippen LogP contribution in [-0.4, -0.2) is 39.2 Å². The number of H-pyrrole nitrogens is 2. The monoisotopic (exact) mass is 766 g/mol. The summed E-state index contributed by atoms with van der Waals surface area (Å²) in [6, 6.07) is 31.2. The molecule has 0 aliphatic rings. The van der Waals surface area contributed by atoms with Crippen molar-refractivity contribution >= 4 is 46.4 Å². The van der Waals surface area contributed by atoms with Crippen molar-refractivity contribution in [3.05, 3.63) is 161 Å². The Morgan fingerprint density at radius 3 is 1.68 bits per heavy atom. The Kier molecular flexibility index (Phi) is 10.3. The summed E-state index contributed by atoms with van der Waals surface area (Å²) in [4.78, 5) is 42.5. The minimum absolute atomic E-state index is 0.0181. The number of halogens is 3. The number of hydrogen-bond acceptors (Lipinski definition) is 8. The predicted molar refractivity (Wildman–Crippen MR) is 204 cm³/mol. The Balaban J connectivity index is 0.000000164. The van der Waals surface area contributed by atoms with E-state index in [1.807, 2.05) is 86.6 Å². The minimum Gasteiger partial charge on any atom is -0.487 e. The third-order valence-electron chi connectivity index (χ3n) is 8.16. The van der Waals surface area contributed by atoms with E-state index in [0.717, 1.165) is 22.3 Å². The zero-order chi connectivity index (χ0) is 37.1. The van der Waals surface area contributed by atoms with Gasteiger partial charge in [-0.3, -0.25) is 19.8 Å². The Labute approximate surface area is 316 Å². The number of rotatable bonds is 8. The van der Waals surface area contributed by atoms with Gasteiger partial charge in [0.15, 0.2) is 11.6 Å². The van der Waals surface area contributed by atoms with E-state index < -0.39 is 5.56 Å². The molecule has 0 bridgehead atoms. The van der Waals surface area contributed by atoms with Crippen LogP contribution in [0.2, 0.25) is 15.1 Å². The van der Waals surface area contributed by atoms with Crippen molar-refractivity contribution in [1.82, 2.24) is 39.2 Å². The molecule has 0 unspecified atom stereocenters. The van der Waals surface area contributed by atoms with Crippen molar-refractivity contribution in [2.45, 2.75) is 27.1 Å². The summed E-state index contributed by atoms with van der Waals surface area (Å²) in [7, 11) is 0. The van der Waals surface area contributed by atoms with Gasteiger partial charge in [-0.05, 0) is 38.1 Å². The van der Waals surface area contributed by atoms with Gasteiger partial charge in [0.1, 0.15) is 35.4 Å².